The van der Waals surface area contributed by atoms with Crippen LogP contribution in [-0.2, 0) is 11.3 Å². The minimum Gasteiger partial charge on any atom is -0.457 e. The Morgan fingerprint density at radius 1 is 1.14 bits per heavy atom. The molecule has 3 rings (SSSR count). The molecule has 1 aromatic heterocycles. The number of hydrogen-bond donors (Lipinski definition) is 1. The smallest absolute Gasteiger partial charge is 0.338 e. The van der Waals surface area contributed by atoms with E-state index in [2.05, 4.69) is 9.97 Å². The van der Waals surface area contributed by atoms with Gasteiger partial charge in [0.15, 0.2) is 0 Å². The van der Waals surface area contributed by atoms with E-state index in [9.17, 15) is 9.59 Å². The first-order valence-corrected chi connectivity index (χ1v) is 6.42. The maximum atomic E-state index is 12.0. The molecular weight excluding hydrogens is 268 g/mol. The second-order valence-corrected chi connectivity index (χ2v) is 4.54. The SMILES string of the molecule is O=C(OCc1ccccc1)c1ccc2ncc(=O)[nH]c2c1. The molecule has 0 fully saturated rings. The van der Waals surface area contributed by atoms with Crippen molar-refractivity contribution in [3.05, 3.63) is 76.2 Å². The van der Waals surface area contributed by atoms with Crippen LogP contribution in [0.2, 0.25) is 0 Å². The molecule has 5 heteroatoms. The Kier molecular flexibility index (Phi) is 3.47. The van der Waals surface area contributed by atoms with E-state index in [0.717, 1.165) is 5.56 Å². The molecule has 1 heterocycles. The number of nitrogens with one attached hydrogen (secondary N) is 1. The van der Waals surface area contributed by atoms with Crippen molar-refractivity contribution in [3.63, 3.8) is 0 Å². The van der Waals surface area contributed by atoms with Crippen molar-refractivity contribution in [2.24, 2.45) is 0 Å². The Morgan fingerprint density at radius 2 is 1.95 bits per heavy atom. The molecule has 104 valence electrons. The van der Waals surface area contributed by atoms with E-state index in [1.54, 1.807) is 18.2 Å². The van der Waals surface area contributed by atoms with Gasteiger partial charge < -0.3 is 9.72 Å². The maximum absolute atomic E-state index is 12.0. The predicted octanol–water partition coefficient (Wildman–Crippen LogP) is 2.28. The fraction of sp³-hybridized carbons (Fsp3) is 0.0625. The molecule has 0 radical (unpaired) electrons. The van der Waals surface area contributed by atoms with Crippen molar-refractivity contribution in [3.8, 4) is 0 Å². The lowest BCUT2D eigenvalue weighted by Gasteiger charge is -2.05. The monoisotopic (exact) mass is 280 g/mol. The van der Waals surface area contributed by atoms with E-state index >= 15 is 0 Å². The molecule has 21 heavy (non-hydrogen) atoms. The average molecular weight is 280 g/mol. The van der Waals surface area contributed by atoms with E-state index in [-0.39, 0.29) is 12.2 Å². The van der Waals surface area contributed by atoms with Crippen LogP contribution in [-0.4, -0.2) is 15.9 Å². The Morgan fingerprint density at radius 3 is 2.76 bits per heavy atom. The lowest BCUT2D eigenvalue weighted by atomic mass is 10.2. The first kappa shape index (κ1) is 13.1. The Bertz CT molecular complexity index is 841. The third-order valence-corrected chi connectivity index (χ3v) is 3.02. The summed E-state index contributed by atoms with van der Waals surface area (Å²) in [6, 6.07) is 14.3. The molecule has 3 aromatic rings. The van der Waals surface area contributed by atoms with Gasteiger partial charge in [-0.25, -0.2) is 9.78 Å². The standard InChI is InChI=1S/C16H12N2O3/c19-15-9-17-13-7-6-12(8-14(13)18-15)16(20)21-10-11-4-2-1-3-5-11/h1-9H,10H2,(H,18,19). The van der Waals surface area contributed by atoms with Crippen LogP contribution in [0.3, 0.4) is 0 Å². The Hall–Kier alpha value is -2.95. The van der Waals surface area contributed by atoms with Crippen molar-refractivity contribution in [1.29, 1.82) is 0 Å². The first-order valence-electron chi connectivity index (χ1n) is 6.42. The van der Waals surface area contributed by atoms with Gasteiger partial charge >= 0.3 is 5.97 Å². The van der Waals surface area contributed by atoms with Gasteiger partial charge in [-0.05, 0) is 23.8 Å². The summed E-state index contributed by atoms with van der Waals surface area (Å²) in [5.74, 6) is -0.439. The summed E-state index contributed by atoms with van der Waals surface area (Å²) < 4.78 is 5.24. The van der Waals surface area contributed by atoms with Crippen molar-refractivity contribution in [2.45, 2.75) is 6.61 Å². The number of hydrogen-bond acceptors (Lipinski definition) is 4. The lowest BCUT2D eigenvalue weighted by molar-refractivity contribution is 0.0473. The molecule has 2 aromatic carbocycles. The minimum absolute atomic E-state index is 0.210. The third-order valence-electron chi connectivity index (χ3n) is 3.02. The number of fused-ring (bicyclic) bond motifs is 1. The fourth-order valence-corrected chi connectivity index (χ4v) is 1.98. The van der Waals surface area contributed by atoms with E-state index < -0.39 is 5.97 Å². The third kappa shape index (κ3) is 2.97. The second kappa shape index (κ2) is 5.58. The molecular formula is C16H12N2O3. The van der Waals surface area contributed by atoms with E-state index in [0.29, 0.717) is 16.6 Å². The maximum Gasteiger partial charge on any atom is 0.338 e. The van der Waals surface area contributed by atoms with Gasteiger partial charge in [-0.1, -0.05) is 30.3 Å². The number of aromatic amines is 1. The molecule has 0 saturated carbocycles. The number of rotatable bonds is 3. The number of esters is 1. The van der Waals surface area contributed by atoms with Gasteiger partial charge in [-0.15, -0.1) is 0 Å². The molecule has 5 nitrogen and oxygen atoms in total. The lowest BCUT2D eigenvalue weighted by Crippen LogP contribution is -2.08. The molecule has 1 N–H and O–H groups in total. The van der Waals surface area contributed by atoms with Crippen LogP contribution >= 0.6 is 0 Å². The predicted molar refractivity (Wildman–Crippen MR) is 77.9 cm³/mol. The van der Waals surface area contributed by atoms with Crippen LogP contribution in [0.1, 0.15) is 15.9 Å². The van der Waals surface area contributed by atoms with E-state index in [1.165, 1.54) is 6.20 Å². The van der Waals surface area contributed by atoms with E-state index in [1.807, 2.05) is 30.3 Å². The van der Waals surface area contributed by atoms with Gasteiger partial charge in [0.2, 0.25) is 0 Å². The zero-order chi connectivity index (χ0) is 14.7. The van der Waals surface area contributed by atoms with E-state index in [4.69, 9.17) is 4.74 Å². The highest BCUT2D eigenvalue weighted by Gasteiger charge is 2.09. The highest BCUT2D eigenvalue weighted by molar-refractivity contribution is 5.93. The Balaban J connectivity index is 1.79. The summed E-state index contributed by atoms with van der Waals surface area (Å²) >= 11 is 0. The zero-order valence-corrected chi connectivity index (χ0v) is 11.1. The topological polar surface area (TPSA) is 72.0 Å². The number of carbonyl (C=O) groups excluding carboxylic acids is 1. The van der Waals surface area contributed by atoms with Gasteiger partial charge in [-0.2, -0.15) is 0 Å². The van der Waals surface area contributed by atoms with Gasteiger partial charge in [0, 0.05) is 0 Å². The van der Waals surface area contributed by atoms with Gasteiger partial charge in [0.25, 0.3) is 5.56 Å². The molecule has 0 amide bonds. The van der Waals surface area contributed by atoms with Crippen LogP contribution in [0.5, 0.6) is 0 Å². The van der Waals surface area contributed by atoms with Gasteiger partial charge in [0.1, 0.15) is 6.61 Å². The summed E-state index contributed by atoms with van der Waals surface area (Å²) in [5.41, 5.74) is 2.12. The summed E-state index contributed by atoms with van der Waals surface area (Å²) in [4.78, 5) is 29.9. The van der Waals surface area contributed by atoms with Crippen LogP contribution in [0.15, 0.2) is 59.5 Å². The number of aromatic nitrogens is 2. The van der Waals surface area contributed by atoms with Crippen LogP contribution in [0.25, 0.3) is 11.0 Å². The van der Waals surface area contributed by atoms with Gasteiger partial charge in [0.05, 0.1) is 22.8 Å². The molecule has 0 atom stereocenters. The highest BCUT2D eigenvalue weighted by Crippen LogP contribution is 2.12. The minimum atomic E-state index is -0.439. The number of ether oxygens (including phenoxy) is 1. The van der Waals surface area contributed by atoms with Crippen LogP contribution < -0.4 is 5.56 Å². The molecule has 0 spiro atoms. The van der Waals surface area contributed by atoms with Crippen molar-refractivity contribution >= 4 is 17.0 Å². The molecule has 0 saturated heterocycles. The number of benzene rings is 2. The largest absolute Gasteiger partial charge is 0.457 e. The van der Waals surface area contributed by atoms with Crippen molar-refractivity contribution in [1.82, 2.24) is 9.97 Å². The highest BCUT2D eigenvalue weighted by atomic mass is 16.5. The summed E-state index contributed by atoms with van der Waals surface area (Å²) in [7, 11) is 0. The van der Waals surface area contributed by atoms with Crippen molar-refractivity contribution < 1.29 is 9.53 Å². The van der Waals surface area contributed by atoms with Crippen LogP contribution in [0.4, 0.5) is 0 Å². The number of carbonyl (C=O) groups is 1. The molecule has 0 aliphatic carbocycles. The molecule has 0 unspecified atom stereocenters. The normalized spacial score (nSPS) is 10.5. The van der Waals surface area contributed by atoms with Crippen molar-refractivity contribution in [2.75, 3.05) is 0 Å². The molecule has 0 aliphatic heterocycles. The summed E-state index contributed by atoms with van der Waals surface area (Å²) in [6.45, 7) is 0.210. The average Bonchev–Trinajstić information content (AvgIpc) is 2.53. The first-order chi connectivity index (χ1) is 10.2. The molecule has 0 bridgehead atoms. The zero-order valence-electron chi connectivity index (χ0n) is 11.1. The fourth-order valence-electron chi connectivity index (χ4n) is 1.98. The number of nitrogens with zero attached hydrogens (tertiary/aromatic N) is 1. The summed E-state index contributed by atoms with van der Waals surface area (Å²) in [5, 5.41) is 0. The Labute approximate surface area is 120 Å². The molecule has 0 aliphatic rings. The summed E-state index contributed by atoms with van der Waals surface area (Å²) in [6.07, 6.45) is 1.20. The number of H-pyrrole nitrogens is 1. The van der Waals surface area contributed by atoms with Gasteiger partial charge in [-0.3, -0.25) is 4.79 Å². The van der Waals surface area contributed by atoms with Crippen LogP contribution in [0, 0.1) is 0 Å². The quantitative estimate of drug-likeness (QED) is 0.747. The second-order valence-electron chi connectivity index (χ2n) is 4.54.